The molecule has 0 bridgehead atoms. The van der Waals surface area contributed by atoms with Crippen molar-refractivity contribution in [2.24, 2.45) is 5.92 Å². The summed E-state index contributed by atoms with van der Waals surface area (Å²) in [5.41, 5.74) is 1.51. The minimum atomic E-state index is -0.00227. The van der Waals surface area contributed by atoms with Gasteiger partial charge in [0.05, 0.1) is 5.56 Å². The van der Waals surface area contributed by atoms with Crippen LogP contribution in [-0.2, 0) is 0 Å². The largest absolute Gasteiger partial charge is 0.384 e. The Kier molecular flexibility index (Phi) is 5.48. The number of likely N-dealkylation sites (tertiary alicyclic amines) is 1. The molecule has 0 radical (unpaired) electrons. The Balaban J connectivity index is 2.04. The molecule has 1 aliphatic heterocycles. The van der Waals surface area contributed by atoms with Gasteiger partial charge in [0.2, 0.25) is 0 Å². The number of amides is 1. The van der Waals surface area contributed by atoms with Crippen molar-refractivity contribution in [1.29, 1.82) is 0 Å². The fraction of sp³-hybridized carbons (Fsp3) is 0.562. The summed E-state index contributed by atoms with van der Waals surface area (Å²) in [7, 11) is 5.68. The minimum absolute atomic E-state index is 0.00227. The smallest absolute Gasteiger partial charge is 0.255 e. The molecular formula is C16H24ClN3O. The molecule has 1 fully saturated rings. The number of carbonyl (C=O) groups is 1. The Morgan fingerprint density at radius 2 is 2.05 bits per heavy atom. The summed E-state index contributed by atoms with van der Waals surface area (Å²) in [6.45, 7) is 3.18. The molecule has 1 heterocycles. The van der Waals surface area contributed by atoms with Crippen molar-refractivity contribution in [3.05, 3.63) is 28.8 Å². The zero-order valence-corrected chi connectivity index (χ0v) is 13.8. The van der Waals surface area contributed by atoms with E-state index in [9.17, 15) is 4.79 Å². The summed E-state index contributed by atoms with van der Waals surface area (Å²) in [5.74, 6) is 0.653. The van der Waals surface area contributed by atoms with E-state index in [-0.39, 0.29) is 5.91 Å². The highest BCUT2D eigenvalue weighted by Crippen LogP contribution is 2.24. The van der Waals surface area contributed by atoms with Crippen LogP contribution in [0, 0.1) is 5.92 Å². The molecule has 1 N–H and O–H groups in total. The molecule has 0 aromatic heterocycles. The topological polar surface area (TPSA) is 35.6 Å². The maximum Gasteiger partial charge on any atom is 0.255 e. The predicted molar refractivity (Wildman–Crippen MR) is 88.2 cm³/mol. The van der Waals surface area contributed by atoms with Crippen LogP contribution in [-0.4, -0.2) is 56.5 Å². The molecule has 1 saturated heterocycles. The monoisotopic (exact) mass is 309 g/mol. The van der Waals surface area contributed by atoms with E-state index >= 15 is 0 Å². The molecule has 0 spiro atoms. The average Bonchev–Trinajstić information content (AvgIpc) is 2.46. The molecule has 1 aromatic carbocycles. The van der Waals surface area contributed by atoms with E-state index in [2.05, 4.69) is 17.3 Å². The lowest BCUT2D eigenvalue weighted by Gasteiger charge is -2.29. The van der Waals surface area contributed by atoms with Gasteiger partial charge in [-0.2, -0.15) is 0 Å². The van der Waals surface area contributed by atoms with Crippen LogP contribution in [0.2, 0.25) is 5.02 Å². The molecule has 1 aliphatic rings. The quantitative estimate of drug-likeness (QED) is 0.929. The van der Waals surface area contributed by atoms with Crippen LogP contribution in [0.1, 0.15) is 23.2 Å². The first kappa shape index (κ1) is 16.1. The van der Waals surface area contributed by atoms with Crippen molar-refractivity contribution < 1.29 is 4.79 Å². The summed E-state index contributed by atoms with van der Waals surface area (Å²) >= 11 is 6.07. The second-order valence-electron chi connectivity index (χ2n) is 6.02. The zero-order chi connectivity index (χ0) is 15.4. The van der Waals surface area contributed by atoms with Crippen LogP contribution >= 0.6 is 11.6 Å². The van der Waals surface area contributed by atoms with Gasteiger partial charge < -0.3 is 15.1 Å². The molecule has 1 aromatic rings. The van der Waals surface area contributed by atoms with Gasteiger partial charge in [0.1, 0.15) is 0 Å². The minimum Gasteiger partial charge on any atom is -0.384 e. The lowest BCUT2D eigenvalue weighted by molar-refractivity contribution is 0.0828. The zero-order valence-electron chi connectivity index (χ0n) is 13.0. The molecule has 4 nitrogen and oxygen atoms in total. The Hall–Kier alpha value is -1.26. The highest BCUT2D eigenvalue weighted by Gasteiger charge is 2.18. The molecule has 5 heteroatoms. The molecule has 0 saturated carbocycles. The lowest BCUT2D eigenvalue weighted by Crippen LogP contribution is -2.33. The van der Waals surface area contributed by atoms with E-state index in [1.165, 1.54) is 12.8 Å². The summed E-state index contributed by atoms with van der Waals surface area (Å²) < 4.78 is 0. The fourth-order valence-electron chi connectivity index (χ4n) is 2.61. The Labute approximate surface area is 132 Å². The van der Waals surface area contributed by atoms with Crippen LogP contribution in [0.3, 0.4) is 0 Å². The third kappa shape index (κ3) is 4.35. The van der Waals surface area contributed by atoms with E-state index in [1.807, 2.05) is 6.07 Å². The van der Waals surface area contributed by atoms with Crippen LogP contribution < -0.4 is 5.32 Å². The molecule has 0 atom stereocenters. The third-order valence-electron chi connectivity index (χ3n) is 4.04. The summed E-state index contributed by atoms with van der Waals surface area (Å²) in [6, 6.07) is 5.40. The Morgan fingerprint density at radius 3 is 2.67 bits per heavy atom. The first-order valence-corrected chi connectivity index (χ1v) is 7.79. The van der Waals surface area contributed by atoms with Crippen molar-refractivity contribution in [2.45, 2.75) is 12.8 Å². The molecule has 116 valence electrons. The van der Waals surface area contributed by atoms with Crippen molar-refractivity contribution in [3.8, 4) is 0 Å². The number of halogens is 1. The molecule has 0 unspecified atom stereocenters. The predicted octanol–water partition coefficient (Wildman–Crippen LogP) is 2.80. The van der Waals surface area contributed by atoms with Crippen LogP contribution in [0.15, 0.2) is 18.2 Å². The number of hydrogen-bond donors (Lipinski definition) is 1. The summed E-state index contributed by atoms with van der Waals surface area (Å²) in [6.07, 6.45) is 2.39. The van der Waals surface area contributed by atoms with Crippen LogP contribution in [0.5, 0.6) is 0 Å². The number of carbonyl (C=O) groups excluding carboxylic acids is 1. The highest BCUT2D eigenvalue weighted by atomic mass is 35.5. The van der Waals surface area contributed by atoms with Gasteiger partial charge in [-0.05, 0) is 57.1 Å². The fourth-order valence-corrected chi connectivity index (χ4v) is 2.78. The number of rotatable bonds is 4. The molecular weight excluding hydrogens is 286 g/mol. The van der Waals surface area contributed by atoms with Crippen LogP contribution in [0.4, 0.5) is 5.69 Å². The molecule has 0 aliphatic carbocycles. The molecule has 2 rings (SSSR count). The van der Waals surface area contributed by atoms with Gasteiger partial charge in [-0.3, -0.25) is 4.79 Å². The van der Waals surface area contributed by atoms with Crippen LogP contribution in [0.25, 0.3) is 0 Å². The van der Waals surface area contributed by atoms with Crippen molar-refractivity contribution in [1.82, 2.24) is 9.80 Å². The average molecular weight is 310 g/mol. The Bertz CT molecular complexity index is 496. The first-order chi connectivity index (χ1) is 9.97. The Morgan fingerprint density at radius 1 is 1.38 bits per heavy atom. The van der Waals surface area contributed by atoms with E-state index in [0.29, 0.717) is 16.5 Å². The van der Waals surface area contributed by atoms with Gasteiger partial charge in [0.15, 0.2) is 0 Å². The van der Waals surface area contributed by atoms with Gasteiger partial charge in [-0.15, -0.1) is 0 Å². The second-order valence-corrected chi connectivity index (χ2v) is 6.45. The van der Waals surface area contributed by atoms with Crippen molar-refractivity contribution in [2.75, 3.05) is 46.1 Å². The van der Waals surface area contributed by atoms with E-state index < -0.39 is 0 Å². The summed E-state index contributed by atoms with van der Waals surface area (Å²) in [5, 5.41) is 4.07. The SMILES string of the molecule is CN1CCC(CNc2cc(Cl)ccc2C(=O)N(C)C)CC1. The number of hydrogen-bond acceptors (Lipinski definition) is 3. The standard InChI is InChI=1S/C16H24ClN3O/c1-19(2)16(21)14-5-4-13(17)10-15(14)18-11-12-6-8-20(3)9-7-12/h4-5,10,12,18H,6-9,11H2,1-3H3. The third-order valence-corrected chi connectivity index (χ3v) is 4.27. The van der Waals surface area contributed by atoms with Crippen molar-refractivity contribution >= 4 is 23.2 Å². The highest BCUT2D eigenvalue weighted by molar-refractivity contribution is 6.31. The van der Waals surface area contributed by atoms with Gasteiger partial charge >= 0.3 is 0 Å². The van der Waals surface area contributed by atoms with E-state index in [0.717, 1.165) is 25.3 Å². The van der Waals surface area contributed by atoms with E-state index in [4.69, 9.17) is 11.6 Å². The first-order valence-electron chi connectivity index (χ1n) is 7.41. The van der Waals surface area contributed by atoms with Crippen molar-refractivity contribution in [3.63, 3.8) is 0 Å². The maximum atomic E-state index is 12.2. The van der Waals surface area contributed by atoms with Gasteiger partial charge in [0, 0.05) is 31.4 Å². The molecule has 21 heavy (non-hydrogen) atoms. The number of nitrogens with zero attached hydrogens (tertiary/aromatic N) is 2. The number of benzene rings is 1. The van der Waals surface area contributed by atoms with Gasteiger partial charge in [0.25, 0.3) is 5.91 Å². The second kappa shape index (κ2) is 7.14. The number of anilines is 1. The lowest BCUT2D eigenvalue weighted by atomic mass is 9.97. The summed E-state index contributed by atoms with van der Waals surface area (Å²) in [4.78, 5) is 16.2. The van der Waals surface area contributed by atoms with Gasteiger partial charge in [-0.25, -0.2) is 0 Å². The number of piperidine rings is 1. The number of nitrogens with one attached hydrogen (secondary N) is 1. The van der Waals surface area contributed by atoms with E-state index in [1.54, 1.807) is 31.1 Å². The normalized spacial score (nSPS) is 16.8. The maximum absolute atomic E-state index is 12.2. The molecule has 1 amide bonds. The van der Waals surface area contributed by atoms with Gasteiger partial charge in [-0.1, -0.05) is 11.6 Å².